The van der Waals surface area contributed by atoms with E-state index in [1.165, 1.54) is 11.9 Å². The van der Waals surface area contributed by atoms with Gasteiger partial charge in [0.25, 0.3) is 5.78 Å². The Balaban J connectivity index is 1.91. The van der Waals surface area contributed by atoms with Gasteiger partial charge < -0.3 is 5.32 Å². The largest absolute Gasteiger partial charge is 0.366 e. The first kappa shape index (κ1) is 10.5. The van der Waals surface area contributed by atoms with E-state index in [0.717, 1.165) is 12.4 Å². The first-order valence-electron chi connectivity index (χ1n) is 4.94. The summed E-state index contributed by atoms with van der Waals surface area (Å²) in [6.45, 7) is 0.721. The molecule has 1 N–H and O–H groups in total. The Hall–Kier alpha value is -1.66. The molecule has 0 radical (unpaired) electrons. The summed E-state index contributed by atoms with van der Waals surface area (Å²) in [4.78, 5) is 8.06. The summed E-state index contributed by atoms with van der Waals surface area (Å²) in [5.41, 5.74) is 1.22. The molecule has 0 spiro atoms. The molecule has 86 valence electrons. The molecular weight excluding hydrogens is 258 g/mol. The van der Waals surface area contributed by atoms with Gasteiger partial charge in [0.2, 0.25) is 0 Å². The summed E-state index contributed by atoms with van der Waals surface area (Å²) >= 11 is 7.58. The Labute approximate surface area is 106 Å². The summed E-state index contributed by atoms with van der Waals surface area (Å²) in [7, 11) is 0. The van der Waals surface area contributed by atoms with Crippen molar-refractivity contribution < 1.29 is 0 Å². The van der Waals surface area contributed by atoms with Gasteiger partial charge >= 0.3 is 0 Å². The van der Waals surface area contributed by atoms with E-state index in [0.29, 0.717) is 10.9 Å². The molecule has 3 aromatic heterocycles. The van der Waals surface area contributed by atoms with E-state index in [4.69, 9.17) is 11.6 Å². The molecular formula is C10H8ClN5S. The Kier molecular flexibility index (Phi) is 2.66. The third-order valence-corrected chi connectivity index (χ3v) is 3.20. The summed E-state index contributed by atoms with van der Waals surface area (Å²) in [6, 6.07) is 3.80. The average Bonchev–Trinajstić information content (AvgIpc) is 2.95. The molecule has 0 atom stereocenters. The summed E-state index contributed by atoms with van der Waals surface area (Å²) in [5.74, 6) is 1.27. The second-order valence-electron chi connectivity index (χ2n) is 3.42. The van der Waals surface area contributed by atoms with Crippen LogP contribution in [-0.2, 0) is 6.54 Å². The van der Waals surface area contributed by atoms with Gasteiger partial charge in [0.15, 0.2) is 0 Å². The van der Waals surface area contributed by atoms with Crippen LogP contribution in [0, 0.1) is 0 Å². The minimum absolute atomic E-state index is 0.401. The first-order valence-corrected chi connectivity index (χ1v) is 6.26. The molecule has 7 heteroatoms. The van der Waals surface area contributed by atoms with E-state index in [2.05, 4.69) is 31.8 Å². The van der Waals surface area contributed by atoms with E-state index < -0.39 is 0 Å². The minimum atomic E-state index is 0.401. The Morgan fingerprint density at radius 3 is 3.24 bits per heavy atom. The molecule has 0 amide bonds. The minimum Gasteiger partial charge on any atom is -0.366 e. The number of halogens is 1. The number of thiophene rings is 1. The maximum Gasteiger partial charge on any atom is 0.255 e. The van der Waals surface area contributed by atoms with Crippen LogP contribution in [0.5, 0.6) is 0 Å². The monoisotopic (exact) mass is 265 g/mol. The Morgan fingerprint density at radius 2 is 2.41 bits per heavy atom. The number of anilines is 1. The topological polar surface area (TPSA) is 55.1 Å². The highest BCUT2D eigenvalue weighted by molar-refractivity contribution is 7.07. The van der Waals surface area contributed by atoms with Gasteiger partial charge in [-0.2, -0.15) is 30.9 Å². The maximum absolute atomic E-state index is 5.91. The summed E-state index contributed by atoms with van der Waals surface area (Å²) in [6.07, 6.45) is 1.45. The Bertz CT molecular complexity index is 633. The summed E-state index contributed by atoms with van der Waals surface area (Å²) < 4.78 is 1.62. The van der Waals surface area contributed by atoms with Crippen LogP contribution in [0.2, 0.25) is 5.15 Å². The highest BCUT2D eigenvalue weighted by Crippen LogP contribution is 2.16. The maximum atomic E-state index is 5.91. The van der Waals surface area contributed by atoms with E-state index in [9.17, 15) is 0 Å². The second kappa shape index (κ2) is 4.31. The second-order valence-corrected chi connectivity index (χ2v) is 4.59. The number of rotatable bonds is 3. The molecule has 3 aromatic rings. The number of nitrogens with one attached hydrogen (secondary N) is 1. The van der Waals surface area contributed by atoms with E-state index in [1.54, 1.807) is 21.9 Å². The molecule has 0 saturated carbocycles. The molecule has 0 aliphatic heterocycles. The Morgan fingerprint density at radius 1 is 1.47 bits per heavy atom. The smallest absolute Gasteiger partial charge is 0.255 e. The van der Waals surface area contributed by atoms with Crippen molar-refractivity contribution in [3.8, 4) is 0 Å². The lowest BCUT2D eigenvalue weighted by Crippen LogP contribution is -2.05. The molecule has 0 aromatic carbocycles. The van der Waals surface area contributed by atoms with E-state index in [1.807, 2.05) is 5.38 Å². The van der Waals surface area contributed by atoms with Crippen LogP contribution in [0.15, 0.2) is 29.2 Å². The number of fused-ring (bicyclic) bond motifs is 1. The van der Waals surface area contributed by atoms with Crippen LogP contribution in [0.4, 0.5) is 5.82 Å². The van der Waals surface area contributed by atoms with Gasteiger partial charge in [0, 0.05) is 12.6 Å². The van der Waals surface area contributed by atoms with Crippen molar-refractivity contribution >= 4 is 34.5 Å². The highest BCUT2D eigenvalue weighted by Gasteiger charge is 2.05. The van der Waals surface area contributed by atoms with Crippen molar-refractivity contribution in [3.63, 3.8) is 0 Å². The van der Waals surface area contributed by atoms with Crippen molar-refractivity contribution in [1.29, 1.82) is 0 Å². The average molecular weight is 266 g/mol. The zero-order valence-electron chi connectivity index (χ0n) is 8.67. The van der Waals surface area contributed by atoms with Crippen molar-refractivity contribution in [2.24, 2.45) is 0 Å². The lowest BCUT2D eigenvalue weighted by Gasteiger charge is -2.06. The fraction of sp³-hybridized carbons (Fsp3) is 0.100. The van der Waals surface area contributed by atoms with Gasteiger partial charge in [0.05, 0.1) is 0 Å². The van der Waals surface area contributed by atoms with Gasteiger partial charge in [0.1, 0.15) is 17.3 Å². The molecule has 0 saturated heterocycles. The zero-order valence-corrected chi connectivity index (χ0v) is 10.2. The standard InChI is InChI=1S/C10H8ClN5S/c11-8-3-9(12-4-7-1-2-17-5-7)16-10(15-8)13-6-14-16/h1-3,5-6,12H,4H2. The van der Waals surface area contributed by atoms with Crippen LogP contribution >= 0.6 is 22.9 Å². The van der Waals surface area contributed by atoms with Gasteiger partial charge in [-0.25, -0.2) is 0 Å². The van der Waals surface area contributed by atoms with Crippen molar-refractivity contribution in [2.75, 3.05) is 5.32 Å². The van der Waals surface area contributed by atoms with Gasteiger partial charge in [-0.3, -0.25) is 0 Å². The number of hydrogen-bond donors (Lipinski definition) is 1. The number of nitrogens with zero attached hydrogens (tertiary/aromatic N) is 4. The van der Waals surface area contributed by atoms with Crippen molar-refractivity contribution in [1.82, 2.24) is 19.6 Å². The molecule has 0 unspecified atom stereocenters. The molecule has 5 nitrogen and oxygen atoms in total. The van der Waals surface area contributed by atoms with Crippen LogP contribution in [-0.4, -0.2) is 19.6 Å². The van der Waals surface area contributed by atoms with Gasteiger partial charge in [-0.05, 0) is 22.4 Å². The van der Waals surface area contributed by atoms with Crippen LogP contribution in [0.25, 0.3) is 5.78 Å². The third kappa shape index (κ3) is 2.09. The number of hydrogen-bond acceptors (Lipinski definition) is 5. The van der Waals surface area contributed by atoms with Crippen molar-refractivity contribution in [2.45, 2.75) is 6.54 Å². The fourth-order valence-electron chi connectivity index (χ4n) is 1.50. The van der Waals surface area contributed by atoms with Crippen molar-refractivity contribution in [3.05, 3.63) is 39.9 Å². The molecule has 17 heavy (non-hydrogen) atoms. The predicted octanol–water partition coefficient (Wildman–Crippen LogP) is 2.45. The molecule has 3 rings (SSSR count). The normalized spacial score (nSPS) is 10.9. The third-order valence-electron chi connectivity index (χ3n) is 2.27. The summed E-state index contributed by atoms with van der Waals surface area (Å²) in [5, 5.41) is 11.9. The molecule has 0 fully saturated rings. The lowest BCUT2D eigenvalue weighted by molar-refractivity contribution is 0.926. The highest BCUT2D eigenvalue weighted by atomic mass is 35.5. The molecule has 3 heterocycles. The van der Waals surface area contributed by atoms with Crippen LogP contribution in [0.3, 0.4) is 0 Å². The van der Waals surface area contributed by atoms with Gasteiger partial charge in [-0.15, -0.1) is 0 Å². The van der Waals surface area contributed by atoms with Crippen LogP contribution in [0.1, 0.15) is 5.56 Å². The van der Waals surface area contributed by atoms with E-state index >= 15 is 0 Å². The molecule has 0 aliphatic carbocycles. The van der Waals surface area contributed by atoms with Gasteiger partial charge in [-0.1, -0.05) is 11.6 Å². The molecule has 0 bridgehead atoms. The van der Waals surface area contributed by atoms with E-state index in [-0.39, 0.29) is 0 Å². The fourth-order valence-corrected chi connectivity index (χ4v) is 2.34. The lowest BCUT2D eigenvalue weighted by atomic mass is 10.3. The quantitative estimate of drug-likeness (QED) is 0.739. The number of aromatic nitrogens is 4. The SMILES string of the molecule is Clc1cc(NCc2ccsc2)n2ncnc2n1. The first-order chi connectivity index (χ1) is 8.33. The zero-order chi connectivity index (χ0) is 11.7. The van der Waals surface area contributed by atoms with Crippen LogP contribution < -0.4 is 5.32 Å². The molecule has 0 aliphatic rings. The predicted molar refractivity (Wildman–Crippen MR) is 67.4 cm³/mol.